The maximum atomic E-state index is 11.8. The second-order valence-electron chi connectivity index (χ2n) is 5.93. The smallest absolute Gasteiger partial charge is 0.250 e. The second kappa shape index (κ2) is 6.24. The summed E-state index contributed by atoms with van der Waals surface area (Å²) in [4.78, 5) is 16.3. The molecular formula is C16H22N4O. The monoisotopic (exact) mass is 286 g/mol. The molecule has 0 atom stereocenters. The van der Waals surface area contributed by atoms with Gasteiger partial charge in [-0.25, -0.2) is 9.67 Å². The molecule has 0 bridgehead atoms. The van der Waals surface area contributed by atoms with Crippen molar-refractivity contribution in [3.8, 4) is 0 Å². The van der Waals surface area contributed by atoms with E-state index in [9.17, 15) is 4.79 Å². The van der Waals surface area contributed by atoms with Crippen molar-refractivity contribution >= 4 is 0 Å². The summed E-state index contributed by atoms with van der Waals surface area (Å²) < 4.78 is 3.69. The quantitative estimate of drug-likeness (QED) is 0.867. The van der Waals surface area contributed by atoms with Crippen LogP contribution in [0.1, 0.15) is 43.8 Å². The predicted molar refractivity (Wildman–Crippen MR) is 81.1 cm³/mol. The van der Waals surface area contributed by atoms with Crippen LogP contribution in [0.3, 0.4) is 0 Å². The van der Waals surface area contributed by atoms with Crippen molar-refractivity contribution < 1.29 is 0 Å². The van der Waals surface area contributed by atoms with Crippen LogP contribution in [0.2, 0.25) is 0 Å². The minimum Gasteiger partial charge on any atom is -0.308 e. The van der Waals surface area contributed by atoms with Crippen LogP contribution in [0.15, 0.2) is 29.2 Å². The van der Waals surface area contributed by atoms with E-state index in [0.717, 1.165) is 18.2 Å². The fourth-order valence-electron chi connectivity index (χ4n) is 3.12. The van der Waals surface area contributed by atoms with Crippen LogP contribution in [-0.2, 0) is 13.1 Å². The SMILES string of the molecule is Cc1nc(Cn2ccccc2=O)n(CC2CCCCC2)n1. The molecule has 5 heteroatoms. The Morgan fingerprint density at radius 2 is 2.05 bits per heavy atom. The van der Waals surface area contributed by atoms with Gasteiger partial charge in [-0.2, -0.15) is 5.10 Å². The van der Waals surface area contributed by atoms with Crippen LogP contribution in [0.4, 0.5) is 0 Å². The Kier molecular flexibility index (Phi) is 4.18. The summed E-state index contributed by atoms with van der Waals surface area (Å²) in [6.07, 6.45) is 8.38. The highest BCUT2D eigenvalue weighted by molar-refractivity contribution is 4.98. The number of aryl methyl sites for hydroxylation is 1. The van der Waals surface area contributed by atoms with Crippen LogP contribution in [-0.4, -0.2) is 19.3 Å². The zero-order valence-electron chi connectivity index (χ0n) is 12.5. The summed E-state index contributed by atoms with van der Waals surface area (Å²) >= 11 is 0. The van der Waals surface area contributed by atoms with E-state index in [1.165, 1.54) is 32.1 Å². The van der Waals surface area contributed by atoms with E-state index >= 15 is 0 Å². The fourth-order valence-corrected chi connectivity index (χ4v) is 3.12. The molecule has 1 aliphatic rings. The third-order valence-electron chi connectivity index (χ3n) is 4.22. The lowest BCUT2D eigenvalue weighted by Crippen LogP contribution is -2.22. The third kappa shape index (κ3) is 3.40. The summed E-state index contributed by atoms with van der Waals surface area (Å²) in [5.74, 6) is 2.36. The van der Waals surface area contributed by atoms with Gasteiger partial charge in [0.1, 0.15) is 11.6 Å². The van der Waals surface area contributed by atoms with Gasteiger partial charge < -0.3 is 4.57 Å². The highest BCUT2D eigenvalue weighted by Gasteiger charge is 2.17. The first-order valence-corrected chi connectivity index (χ1v) is 7.78. The minimum absolute atomic E-state index is 0.00219. The van der Waals surface area contributed by atoms with Gasteiger partial charge in [0.15, 0.2) is 0 Å². The van der Waals surface area contributed by atoms with E-state index in [0.29, 0.717) is 12.5 Å². The Hall–Kier alpha value is -1.91. The lowest BCUT2D eigenvalue weighted by atomic mass is 9.89. The van der Waals surface area contributed by atoms with Gasteiger partial charge in [-0.05, 0) is 31.7 Å². The van der Waals surface area contributed by atoms with E-state index in [-0.39, 0.29) is 5.56 Å². The lowest BCUT2D eigenvalue weighted by Gasteiger charge is -2.22. The van der Waals surface area contributed by atoms with Crippen molar-refractivity contribution in [3.05, 3.63) is 46.4 Å². The van der Waals surface area contributed by atoms with Crippen LogP contribution in [0.5, 0.6) is 0 Å². The molecule has 2 aromatic heterocycles. The summed E-state index contributed by atoms with van der Waals surface area (Å²) in [6, 6.07) is 5.21. The third-order valence-corrected chi connectivity index (χ3v) is 4.22. The van der Waals surface area contributed by atoms with Crippen LogP contribution in [0, 0.1) is 12.8 Å². The average molecular weight is 286 g/mol. The van der Waals surface area contributed by atoms with E-state index in [1.54, 1.807) is 22.9 Å². The lowest BCUT2D eigenvalue weighted by molar-refractivity contribution is 0.302. The molecule has 0 radical (unpaired) electrons. The fraction of sp³-hybridized carbons (Fsp3) is 0.562. The number of rotatable bonds is 4. The molecule has 0 aliphatic heterocycles. The van der Waals surface area contributed by atoms with Crippen molar-refractivity contribution in [2.45, 2.75) is 52.1 Å². The van der Waals surface area contributed by atoms with Gasteiger partial charge in [0.05, 0.1) is 6.54 Å². The molecule has 1 saturated carbocycles. The molecule has 5 nitrogen and oxygen atoms in total. The first kappa shape index (κ1) is 14.0. The molecule has 3 rings (SSSR count). The first-order valence-electron chi connectivity index (χ1n) is 7.78. The Morgan fingerprint density at radius 1 is 1.24 bits per heavy atom. The van der Waals surface area contributed by atoms with Crippen molar-refractivity contribution in [2.75, 3.05) is 0 Å². The van der Waals surface area contributed by atoms with Gasteiger partial charge in [-0.3, -0.25) is 4.79 Å². The van der Waals surface area contributed by atoms with E-state index in [2.05, 4.69) is 10.1 Å². The van der Waals surface area contributed by atoms with Gasteiger partial charge in [-0.15, -0.1) is 0 Å². The Bertz CT molecular complexity index is 652. The van der Waals surface area contributed by atoms with Crippen LogP contribution in [0.25, 0.3) is 0 Å². The van der Waals surface area contributed by atoms with Gasteiger partial charge in [0.25, 0.3) is 5.56 Å². The molecule has 0 unspecified atom stereocenters. The molecule has 0 spiro atoms. The maximum Gasteiger partial charge on any atom is 0.250 e. The summed E-state index contributed by atoms with van der Waals surface area (Å²) in [6.45, 7) is 3.33. The largest absolute Gasteiger partial charge is 0.308 e. The zero-order chi connectivity index (χ0) is 14.7. The van der Waals surface area contributed by atoms with E-state index in [1.807, 2.05) is 17.7 Å². The highest BCUT2D eigenvalue weighted by atomic mass is 16.1. The zero-order valence-corrected chi connectivity index (χ0v) is 12.5. The molecule has 1 aliphatic carbocycles. The van der Waals surface area contributed by atoms with Crippen molar-refractivity contribution in [3.63, 3.8) is 0 Å². The van der Waals surface area contributed by atoms with Crippen LogP contribution < -0.4 is 5.56 Å². The standard InChI is InChI=1S/C16H22N4O/c1-13-17-15(12-19-10-6-5-9-16(19)21)20(18-13)11-14-7-3-2-4-8-14/h5-6,9-10,14H,2-4,7-8,11-12H2,1H3. The number of hydrogen-bond donors (Lipinski definition) is 0. The number of nitrogens with zero attached hydrogens (tertiary/aromatic N) is 4. The molecule has 1 fully saturated rings. The maximum absolute atomic E-state index is 11.8. The predicted octanol–water partition coefficient (Wildman–Crippen LogP) is 2.38. The minimum atomic E-state index is 0.00219. The highest BCUT2D eigenvalue weighted by Crippen LogP contribution is 2.25. The Balaban J connectivity index is 1.79. The molecule has 112 valence electrons. The van der Waals surface area contributed by atoms with E-state index < -0.39 is 0 Å². The Labute approximate surface area is 124 Å². The summed E-state index contributed by atoms with van der Waals surface area (Å²) in [5, 5.41) is 4.52. The van der Waals surface area contributed by atoms with Crippen LogP contribution >= 0.6 is 0 Å². The summed E-state index contributed by atoms with van der Waals surface area (Å²) in [5.41, 5.74) is 0.00219. The summed E-state index contributed by atoms with van der Waals surface area (Å²) in [7, 11) is 0. The second-order valence-corrected chi connectivity index (χ2v) is 5.93. The molecule has 2 heterocycles. The van der Waals surface area contributed by atoms with Gasteiger partial charge in [0, 0.05) is 18.8 Å². The van der Waals surface area contributed by atoms with Crippen molar-refractivity contribution in [1.29, 1.82) is 0 Å². The average Bonchev–Trinajstić information content (AvgIpc) is 2.82. The van der Waals surface area contributed by atoms with Gasteiger partial charge in [0.2, 0.25) is 0 Å². The molecule has 0 aromatic carbocycles. The normalized spacial score (nSPS) is 16.2. The molecular weight excluding hydrogens is 264 g/mol. The van der Waals surface area contributed by atoms with Crippen molar-refractivity contribution in [2.24, 2.45) is 5.92 Å². The first-order chi connectivity index (χ1) is 10.2. The Morgan fingerprint density at radius 3 is 2.81 bits per heavy atom. The van der Waals surface area contributed by atoms with Gasteiger partial charge in [-0.1, -0.05) is 25.3 Å². The number of pyridine rings is 1. The molecule has 21 heavy (non-hydrogen) atoms. The van der Waals surface area contributed by atoms with Crippen molar-refractivity contribution in [1.82, 2.24) is 19.3 Å². The van der Waals surface area contributed by atoms with E-state index in [4.69, 9.17) is 0 Å². The molecule has 0 amide bonds. The number of aromatic nitrogens is 4. The number of hydrogen-bond acceptors (Lipinski definition) is 3. The topological polar surface area (TPSA) is 52.7 Å². The van der Waals surface area contributed by atoms with Gasteiger partial charge >= 0.3 is 0 Å². The molecule has 2 aromatic rings. The molecule has 0 saturated heterocycles. The molecule has 0 N–H and O–H groups in total.